The molecule has 3 nitrogen and oxygen atoms in total. The summed E-state index contributed by atoms with van der Waals surface area (Å²) in [6.07, 6.45) is 0. The van der Waals surface area contributed by atoms with E-state index in [0.717, 1.165) is 17.0 Å². The Morgan fingerprint density at radius 3 is 2.44 bits per heavy atom. The van der Waals surface area contributed by atoms with Crippen LogP contribution in [-0.4, -0.2) is 12.5 Å². The van der Waals surface area contributed by atoms with Crippen molar-refractivity contribution in [3.8, 4) is 5.75 Å². The molecule has 0 saturated heterocycles. The average molecular weight is 223 g/mol. The molecule has 1 aromatic rings. The molecule has 1 N–H and O–H groups in total. The van der Waals surface area contributed by atoms with E-state index < -0.39 is 0 Å². The van der Waals surface area contributed by atoms with Gasteiger partial charge >= 0.3 is 0 Å². The molecule has 0 radical (unpaired) electrons. The molecule has 0 spiro atoms. The fourth-order valence-corrected chi connectivity index (χ4v) is 1.18. The highest BCUT2D eigenvalue weighted by Crippen LogP contribution is 2.27. The number of nitrogens with one attached hydrogen (secondary N) is 1. The van der Waals surface area contributed by atoms with E-state index in [2.05, 4.69) is 5.32 Å². The van der Waals surface area contributed by atoms with E-state index >= 15 is 0 Å². The first kappa shape index (κ1) is 14.5. The molecule has 0 aliphatic carbocycles. The van der Waals surface area contributed by atoms with Crippen molar-refractivity contribution in [2.45, 2.75) is 34.6 Å². The first-order valence-corrected chi connectivity index (χ1v) is 5.79. The van der Waals surface area contributed by atoms with Crippen molar-refractivity contribution in [2.24, 2.45) is 0 Å². The molecule has 0 bridgehead atoms. The summed E-state index contributed by atoms with van der Waals surface area (Å²) in [5.41, 5.74) is 1.89. The highest BCUT2D eigenvalue weighted by atomic mass is 16.5. The lowest BCUT2D eigenvalue weighted by Gasteiger charge is -2.17. The summed E-state index contributed by atoms with van der Waals surface area (Å²) in [6.45, 7) is 10.1. The van der Waals surface area contributed by atoms with Crippen molar-refractivity contribution >= 4 is 11.6 Å². The standard InChI is InChI=1S/C9H9NO2.2C2H6/c1-6-2-3-7-8(4-6)12-5-9(11)10-7;2*1-2/h2-4H,5H2,1H3,(H,10,11);2*1-2H3. The van der Waals surface area contributed by atoms with Gasteiger partial charge in [0.25, 0.3) is 5.91 Å². The van der Waals surface area contributed by atoms with Crippen LogP contribution in [0.15, 0.2) is 18.2 Å². The van der Waals surface area contributed by atoms with Gasteiger partial charge in [0.1, 0.15) is 5.75 Å². The van der Waals surface area contributed by atoms with Gasteiger partial charge in [0.15, 0.2) is 6.61 Å². The molecule has 16 heavy (non-hydrogen) atoms. The second kappa shape index (κ2) is 7.74. The molecule has 0 unspecified atom stereocenters. The molecule has 90 valence electrons. The van der Waals surface area contributed by atoms with Crippen molar-refractivity contribution in [3.05, 3.63) is 23.8 Å². The first-order chi connectivity index (χ1) is 7.75. The van der Waals surface area contributed by atoms with Crippen molar-refractivity contribution in [1.29, 1.82) is 0 Å². The molecule has 3 heteroatoms. The van der Waals surface area contributed by atoms with E-state index in [0.29, 0.717) is 0 Å². The topological polar surface area (TPSA) is 38.3 Å². The van der Waals surface area contributed by atoms with Crippen LogP contribution in [0.25, 0.3) is 0 Å². The number of aryl methyl sites for hydroxylation is 1. The van der Waals surface area contributed by atoms with Crippen LogP contribution >= 0.6 is 0 Å². The Hall–Kier alpha value is -1.51. The minimum Gasteiger partial charge on any atom is -0.482 e. The lowest BCUT2D eigenvalue weighted by Crippen LogP contribution is -2.25. The summed E-state index contributed by atoms with van der Waals surface area (Å²) in [6, 6.07) is 5.70. The summed E-state index contributed by atoms with van der Waals surface area (Å²) < 4.78 is 5.20. The lowest BCUT2D eigenvalue weighted by atomic mass is 10.2. The number of rotatable bonds is 0. The predicted octanol–water partition coefficient (Wildman–Crippen LogP) is 3.38. The van der Waals surface area contributed by atoms with Gasteiger partial charge in [-0.1, -0.05) is 33.8 Å². The summed E-state index contributed by atoms with van der Waals surface area (Å²) in [4.78, 5) is 10.9. The van der Waals surface area contributed by atoms with Gasteiger partial charge in [-0.15, -0.1) is 0 Å². The third-order valence-corrected chi connectivity index (χ3v) is 1.77. The minimum absolute atomic E-state index is 0.0913. The van der Waals surface area contributed by atoms with E-state index in [1.54, 1.807) is 0 Å². The zero-order chi connectivity index (χ0) is 12.6. The molecule has 0 aromatic heterocycles. The Labute approximate surface area is 97.8 Å². The molecule has 2 rings (SSSR count). The van der Waals surface area contributed by atoms with Gasteiger partial charge in [-0.25, -0.2) is 0 Å². The van der Waals surface area contributed by atoms with Gasteiger partial charge in [-0.3, -0.25) is 4.79 Å². The summed E-state index contributed by atoms with van der Waals surface area (Å²) >= 11 is 0. The molecular formula is C13H21NO2. The van der Waals surface area contributed by atoms with Crippen molar-refractivity contribution < 1.29 is 9.53 Å². The van der Waals surface area contributed by atoms with Gasteiger partial charge in [0.2, 0.25) is 0 Å². The van der Waals surface area contributed by atoms with Gasteiger partial charge in [-0.05, 0) is 24.6 Å². The van der Waals surface area contributed by atoms with Gasteiger partial charge in [0.05, 0.1) is 5.69 Å². The maximum Gasteiger partial charge on any atom is 0.262 e. The van der Waals surface area contributed by atoms with E-state index in [9.17, 15) is 4.79 Å². The SMILES string of the molecule is CC.CC.Cc1ccc2c(c1)OCC(=O)N2. The molecule has 1 amide bonds. The molecule has 0 saturated carbocycles. The van der Waals surface area contributed by atoms with Gasteiger partial charge in [-0.2, -0.15) is 0 Å². The third kappa shape index (κ3) is 3.93. The smallest absolute Gasteiger partial charge is 0.262 e. The van der Waals surface area contributed by atoms with Crippen molar-refractivity contribution in [2.75, 3.05) is 11.9 Å². The molecule has 0 atom stereocenters. The van der Waals surface area contributed by atoms with Crippen LogP contribution in [-0.2, 0) is 4.79 Å². The van der Waals surface area contributed by atoms with Crippen LogP contribution in [0, 0.1) is 6.92 Å². The molecule has 1 heterocycles. The highest BCUT2D eigenvalue weighted by molar-refractivity contribution is 5.95. The second-order valence-corrected chi connectivity index (χ2v) is 2.84. The maximum absolute atomic E-state index is 10.9. The zero-order valence-corrected chi connectivity index (χ0v) is 10.8. The fourth-order valence-electron chi connectivity index (χ4n) is 1.18. The molecule has 1 aliphatic heterocycles. The molecular weight excluding hydrogens is 202 g/mol. The highest BCUT2D eigenvalue weighted by Gasteiger charge is 2.14. The number of fused-ring (bicyclic) bond motifs is 1. The molecule has 1 aliphatic rings. The maximum atomic E-state index is 10.9. The number of ether oxygens (including phenoxy) is 1. The third-order valence-electron chi connectivity index (χ3n) is 1.77. The normalized spacial score (nSPS) is 11.7. The number of amides is 1. The Bertz CT molecular complexity index is 335. The van der Waals surface area contributed by atoms with Crippen molar-refractivity contribution in [1.82, 2.24) is 0 Å². The van der Waals surface area contributed by atoms with Gasteiger partial charge in [0, 0.05) is 0 Å². The van der Waals surface area contributed by atoms with Gasteiger partial charge < -0.3 is 10.1 Å². The Balaban J connectivity index is 0.000000509. The number of hydrogen-bond donors (Lipinski definition) is 1. The van der Waals surface area contributed by atoms with Crippen LogP contribution < -0.4 is 10.1 Å². The van der Waals surface area contributed by atoms with Crippen LogP contribution in [0.5, 0.6) is 5.75 Å². The predicted molar refractivity (Wildman–Crippen MR) is 68.0 cm³/mol. The number of benzene rings is 1. The molecule has 0 fully saturated rings. The van der Waals surface area contributed by atoms with E-state index in [4.69, 9.17) is 4.74 Å². The number of hydrogen-bond acceptors (Lipinski definition) is 2. The zero-order valence-electron chi connectivity index (χ0n) is 10.8. The van der Waals surface area contributed by atoms with Crippen LogP contribution in [0.3, 0.4) is 0 Å². The Morgan fingerprint density at radius 2 is 1.81 bits per heavy atom. The second-order valence-electron chi connectivity index (χ2n) is 2.84. The largest absolute Gasteiger partial charge is 0.482 e. The monoisotopic (exact) mass is 223 g/mol. The number of carbonyl (C=O) groups excluding carboxylic acids is 1. The average Bonchev–Trinajstić information content (AvgIpc) is 2.35. The van der Waals surface area contributed by atoms with Crippen LogP contribution in [0.2, 0.25) is 0 Å². The fraction of sp³-hybridized carbons (Fsp3) is 0.462. The summed E-state index contributed by atoms with van der Waals surface area (Å²) in [7, 11) is 0. The quantitative estimate of drug-likeness (QED) is 0.732. The first-order valence-electron chi connectivity index (χ1n) is 5.79. The lowest BCUT2D eigenvalue weighted by molar-refractivity contribution is -0.118. The summed E-state index contributed by atoms with van der Waals surface area (Å²) in [5.74, 6) is 0.668. The van der Waals surface area contributed by atoms with Crippen molar-refractivity contribution in [3.63, 3.8) is 0 Å². The van der Waals surface area contributed by atoms with E-state index in [1.807, 2.05) is 52.8 Å². The summed E-state index contributed by atoms with van der Waals surface area (Å²) in [5, 5.41) is 2.72. The number of anilines is 1. The minimum atomic E-state index is -0.0913. The van der Waals surface area contributed by atoms with E-state index in [1.165, 1.54) is 0 Å². The Kier molecular flexibility index (Phi) is 7.01. The number of carbonyl (C=O) groups is 1. The Morgan fingerprint density at radius 1 is 1.19 bits per heavy atom. The van der Waals surface area contributed by atoms with E-state index in [-0.39, 0.29) is 12.5 Å². The van der Waals surface area contributed by atoms with Crippen LogP contribution in [0.1, 0.15) is 33.3 Å². The van der Waals surface area contributed by atoms with Crippen LogP contribution in [0.4, 0.5) is 5.69 Å². The molecule has 1 aromatic carbocycles.